The van der Waals surface area contributed by atoms with E-state index in [1.807, 2.05) is 6.07 Å². The van der Waals surface area contributed by atoms with E-state index in [0.717, 1.165) is 37.8 Å². The molecule has 1 aromatic heterocycles. The fraction of sp³-hybridized carbons (Fsp3) is 0.600. The summed E-state index contributed by atoms with van der Waals surface area (Å²) in [5.41, 5.74) is 1.53. The predicted molar refractivity (Wildman–Crippen MR) is 77.6 cm³/mol. The molecule has 1 heterocycles. The van der Waals surface area contributed by atoms with Crippen LogP contribution in [0.15, 0.2) is 12.1 Å². The molecule has 0 radical (unpaired) electrons. The second-order valence-electron chi connectivity index (χ2n) is 5.36. The standard InChI is InChI=1S/C15H21ClN2O/c1-3-6-12-9-11(10-13(16)17-12)14(19)18-15(4-2)7-5-8-15/h9-10H,3-8H2,1-2H3,(H,18,19). The van der Waals surface area contributed by atoms with Crippen molar-refractivity contribution in [3.05, 3.63) is 28.5 Å². The molecule has 0 saturated heterocycles. The molecular formula is C15H21ClN2O. The number of halogens is 1. The van der Waals surface area contributed by atoms with Crippen molar-refractivity contribution in [2.75, 3.05) is 0 Å². The van der Waals surface area contributed by atoms with Crippen LogP contribution in [0.25, 0.3) is 0 Å². The summed E-state index contributed by atoms with van der Waals surface area (Å²) in [7, 11) is 0. The average Bonchev–Trinajstić information content (AvgIpc) is 2.33. The number of rotatable bonds is 5. The Bertz CT molecular complexity index is 464. The Morgan fingerprint density at radius 2 is 2.16 bits per heavy atom. The third kappa shape index (κ3) is 3.27. The van der Waals surface area contributed by atoms with E-state index in [1.54, 1.807) is 6.07 Å². The first-order chi connectivity index (χ1) is 9.08. The van der Waals surface area contributed by atoms with Gasteiger partial charge in [0.25, 0.3) is 5.91 Å². The van der Waals surface area contributed by atoms with Crippen LogP contribution in [-0.2, 0) is 6.42 Å². The molecule has 1 fully saturated rings. The molecule has 0 atom stereocenters. The van der Waals surface area contributed by atoms with Gasteiger partial charge in [-0.15, -0.1) is 0 Å². The monoisotopic (exact) mass is 280 g/mol. The molecule has 0 aromatic carbocycles. The number of aromatic nitrogens is 1. The molecule has 0 spiro atoms. The highest BCUT2D eigenvalue weighted by Crippen LogP contribution is 2.34. The Hall–Kier alpha value is -1.09. The number of carbonyl (C=O) groups excluding carboxylic acids is 1. The highest BCUT2D eigenvalue weighted by atomic mass is 35.5. The Morgan fingerprint density at radius 3 is 2.68 bits per heavy atom. The second kappa shape index (κ2) is 5.91. The number of hydrogen-bond acceptors (Lipinski definition) is 2. The molecule has 1 aliphatic carbocycles. The van der Waals surface area contributed by atoms with Gasteiger partial charge in [-0.3, -0.25) is 4.79 Å². The molecule has 0 unspecified atom stereocenters. The lowest BCUT2D eigenvalue weighted by atomic mass is 9.74. The highest BCUT2D eigenvalue weighted by molar-refractivity contribution is 6.29. The van der Waals surface area contributed by atoms with Crippen LogP contribution in [0.2, 0.25) is 5.15 Å². The lowest BCUT2D eigenvalue weighted by Crippen LogP contribution is -2.53. The zero-order chi connectivity index (χ0) is 13.9. The van der Waals surface area contributed by atoms with E-state index in [1.165, 1.54) is 6.42 Å². The number of amides is 1. The van der Waals surface area contributed by atoms with Gasteiger partial charge in [-0.25, -0.2) is 4.98 Å². The normalized spacial score (nSPS) is 16.8. The number of nitrogens with one attached hydrogen (secondary N) is 1. The van der Waals surface area contributed by atoms with Crippen molar-refractivity contribution in [2.45, 2.75) is 57.9 Å². The molecule has 3 nitrogen and oxygen atoms in total. The molecule has 1 aromatic rings. The lowest BCUT2D eigenvalue weighted by Gasteiger charge is -2.42. The minimum atomic E-state index is -0.0248. The van der Waals surface area contributed by atoms with Crippen LogP contribution in [-0.4, -0.2) is 16.4 Å². The Morgan fingerprint density at radius 1 is 1.42 bits per heavy atom. The van der Waals surface area contributed by atoms with E-state index in [-0.39, 0.29) is 11.4 Å². The summed E-state index contributed by atoms with van der Waals surface area (Å²) in [5, 5.41) is 3.57. The zero-order valence-electron chi connectivity index (χ0n) is 11.6. The van der Waals surface area contributed by atoms with Crippen LogP contribution in [0.5, 0.6) is 0 Å². The minimum absolute atomic E-state index is 0.0117. The summed E-state index contributed by atoms with van der Waals surface area (Å²) in [6.07, 6.45) is 6.19. The minimum Gasteiger partial charge on any atom is -0.347 e. The molecule has 1 amide bonds. The van der Waals surface area contributed by atoms with Crippen molar-refractivity contribution >= 4 is 17.5 Å². The second-order valence-corrected chi connectivity index (χ2v) is 5.75. The van der Waals surface area contributed by atoms with Gasteiger partial charge in [0, 0.05) is 16.8 Å². The van der Waals surface area contributed by atoms with Crippen molar-refractivity contribution in [2.24, 2.45) is 0 Å². The third-order valence-electron chi connectivity index (χ3n) is 3.98. The number of nitrogens with zero attached hydrogens (tertiary/aromatic N) is 1. The van der Waals surface area contributed by atoms with E-state index in [4.69, 9.17) is 11.6 Å². The van der Waals surface area contributed by atoms with Crippen LogP contribution in [0, 0.1) is 0 Å². The molecule has 0 aliphatic heterocycles. The fourth-order valence-corrected chi connectivity index (χ4v) is 2.78. The van der Waals surface area contributed by atoms with Crippen LogP contribution >= 0.6 is 11.6 Å². The number of hydrogen-bond donors (Lipinski definition) is 1. The SMILES string of the molecule is CCCc1cc(C(=O)NC2(CC)CCC2)cc(Cl)n1. The van der Waals surface area contributed by atoms with Gasteiger partial charge in [-0.05, 0) is 44.2 Å². The van der Waals surface area contributed by atoms with Gasteiger partial charge in [-0.1, -0.05) is 31.9 Å². The average molecular weight is 281 g/mol. The first-order valence-electron chi connectivity index (χ1n) is 7.07. The molecule has 104 valence electrons. The maximum atomic E-state index is 12.3. The molecule has 19 heavy (non-hydrogen) atoms. The van der Waals surface area contributed by atoms with E-state index in [9.17, 15) is 4.79 Å². The summed E-state index contributed by atoms with van der Waals surface area (Å²) in [6.45, 7) is 4.21. The summed E-state index contributed by atoms with van der Waals surface area (Å²) >= 11 is 5.99. The maximum absolute atomic E-state index is 12.3. The number of pyridine rings is 1. The molecule has 1 saturated carbocycles. The summed E-state index contributed by atoms with van der Waals surface area (Å²) in [4.78, 5) is 16.6. The lowest BCUT2D eigenvalue weighted by molar-refractivity contribution is 0.0820. The number of carbonyl (C=O) groups is 1. The van der Waals surface area contributed by atoms with Crippen LogP contribution in [0.4, 0.5) is 0 Å². The first kappa shape index (κ1) is 14.3. The van der Waals surface area contributed by atoms with Crippen LogP contribution < -0.4 is 5.32 Å². The van der Waals surface area contributed by atoms with E-state index >= 15 is 0 Å². The smallest absolute Gasteiger partial charge is 0.251 e. The topological polar surface area (TPSA) is 42.0 Å². The molecule has 0 bridgehead atoms. The molecule has 2 rings (SSSR count). The Labute approximate surface area is 119 Å². The van der Waals surface area contributed by atoms with E-state index in [0.29, 0.717) is 10.7 Å². The van der Waals surface area contributed by atoms with Gasteiger partial charge in [0.15, 0.2) is 0 Å². The van der Waals surface area contributed by atoms with Crippen LogP contribution in [0.1, 0.15) is 62.0 Å². The first-order valence-corrected chi connectivity index (χ1v) is 7.45. The van der Waals surface area contributed by atoms with E-state index in [2.05, 4.69) is 24.1 Å². The van der Waals surface area contributed by atoms with Crippen molar-refractivity contribution in [3.8, 4) is 0 Å². The zero-order valence-corrected chi connectivity index (χ0v) is 12.4. The molecular weight excluding hydrogens is 260 g/mol. The van der Waals surface area contributed by atoms with Gasteiger partial charge in [0.05, 0.1) is 0 Å². The molecule has 1 aliphatic rings. The third-order valence-corrected chi connectivity index (χ3v) is 4.18. The largest absolute Gasteiger partial charge is 0.347 e. The van der Waals surface area contributed by atoms with Gasteiger partial charge >= 0.3 is 0 Å². The van der Waals surface area contributed by atoms with Crippen molar-refractivity contribution < 1.29 is 4.79 Å². The highest BCUT2D eigenvalue weighted by Gasteiger charge is 2.36. The van der Waals surface area contributed by atoms with Crippen LogP contribution in [0.3, 0.4) is 0 Å². The fourth-order valence-electron chi connectivity index (χ4n) is 2.55. The summed E-state index contributed by atoms with van der Waals surface area (Å²) < 4.78 is 0. The van der Waals surface area contributed by atoms with Crippen molar-refractivity contribution in [1.82, 2.24) is 10.3 Å². The summed E-state index contributed by atoms with van der Waals surface area (Å²) in [5.74, 6) is -0.0248. The summed E-state index contributed by atoms with van der Waals surface area (Å²) in [6, 6.07) is 3.50. The quantitative estimate of drug-likeness (QED) is 0.835. The van der Waals surface area contributed by atoms with E-state index < -0.39 is 0 Å². The Balaban J connectivity index is 2.14. The van der Waals surface area contributed by atoms with Crippen molar-refractivity contribution in [1.29, 1.82) is 0 Å². The van der Waals surface area contributed by atoms with Gasteiger partial charge in [0.2, 0.25) is 0 Å². The number of aryl methyl sites for hydroxylation is 1. The molecule has 1 N–H and O–H groups in total. The molecule has 4 heteroatoms. The Kier molecular flexibility index (Phi) is 4.46. The maximum Gasteiger partial charge on any atom is 0.251 e. The predicted octanol–water partition coefficient (Wildman–Crippen LogP) is 3.75. The van der Waals surface area contributed by atoms with Gasteiger partial charge < -0.3 is 5.32 Å². The van der Waals surface area contributed by atoms with Crippen molar-refractivity contribution in [3.63, 3.8) is 0 Å². The van der Waals surface area contributed by atoms with Gasteiger partial charge in [-0.2, -0.15) is 0 Å². The van der Waals surface area contributed by atoms with Gasteiger partial charge in [0.1, 0.15) is 5.15 Å².